The van der Waals surface area contributed by atoms with Gasteiger partial charge >= 0.3 is 0 Å². The minimum Gasteiger partial charge on any atom is -0.207 e. The van der Waals surface area contributed by atoms with Crippen molar-refractivity contribution in [2.45, 2.75) is 30.7 Å². The van der Waals surface area contributed by atoms with Gasteiger partial charge in [0.15, 0.2) is 0 Å². The first-order chi connectivity index (χ1) is 10.5. The molecule has 0 aliphatic carbocycles. The molecule has 3 nitrogen and oxygen atoms in total. The van der Waals surface area contributed by atoms with E-state index >= 15 is 0 Å². The second-order valence-electron chi connectivity index (χ2n) is 5.58. The normalized spacial score (nSPS) is 19.5. The maximum atomic E-state index is 13.0. The summed E-state index contributed by atoms with van der Waals surface area (Å²) in [6.45, 7) is 2.50. The molecule has 0 amide bonds. The number of aryl methyl sites for hydroxylation is 1. The third kappa shape index (κ3) is 2.66. The van der Waals surface area contributed by atoms with Crippen LogP contribution in [0.1, 0.15) is 30.0 Å². The molecule has 3 rings (SSSR count). The highest BCUT2D eigenvalue weighted by Crippen LogP contribution is 2.37. The SMILES string of the molecule is Cc1ccccc1[C@H]1CCCN1S(=O)(=O)c1ccc(F)cc1. The average molecular weight is 319 g/mol. The van der Waals surface area contributed by atoms with E-state index in [1.54, 1.807) is 4.31 Å². The van der Waals surface area contributed by atoms with Crippen LogP contribution in [0, 0.1) is 12.7 Å². The number of hydrogen-bond donors (Lipinski definition) is 0. The number of rotatable bonds is 3. The summed E-state index contributed by atoms with van der Waals surface area (Å²) in [4.78, 5) is 0.148. The second-order valence-corrected chi connectivity index (χ2v) is 7.47. The van der Waals surface area contributed by atoms with Crippen LogP contribution in [0.25, 0.3) is 0 Å². The number of benzene rings is 2. The van der Waals surface area contributed by atoms with E-state index in [1.807, 2.05) is 31.2 Å². The molecule has 2 aromatic rings. The summed E-state index contributed by atoms with van der Waals surface area (Å²) < 4.78 is 40.3. The molecule has 1 aliphatic heterocycles. The van der Waals surface area contributed by atoms with Crippen molar-refractivity contribution in [3.05, 3.63) is 65.5 Å². The lowest BCUT2D eigenvalue weighted by atomic mass is 10.0. The molecule has 1 atom stereocenters. The smallest absolute Gasteiger partial charge is 0.207 e. The minimum absolute atomic E-state index is 0.142. The van der Waals surface area contributed by atoms with Crippen molar-refractivity contribution < 1.29 is 12.8 Å². The third-order valence-electron chi connectivity index (χ3n) is 4.17. The Kier molecular flexibility index (Phi) is 4.02. The molecule has 116 valence electrons. The van der Waals surface area contributed by atoms with Crippen molar-refractivity contribution in [1.29, 1.82) is 0 Å². The topological polar surface area (TPSA) is 37.4 Å². The van der Waals surface area contributed by atoms with E-state index in [1.165, 1.54) is 24.3 Å². The maximum Gasteiger partial charge on any atom is 0.243 e. The molecule has 0 saturated carbocycles. The zero-order valence-corrected chi connectivity index (χ0v) is 13.2. The molecule has 0 spiro atoms. The molecule has 22 heavy (non-hydrogen) atoms. The van der Waals surface area contributed by atoms with Crippen LogP contribution in [0.3, 0.4) is 0 Å². The Bertz CT molecular complexity index is 772. The average Bonchev–Trinajstić information content (AvgIpc) is 2.98. The molecule has 1 fully saturated rings. The number of sulfonamides is 1. The van der Waals surface area contributed by atoms with Gasteiger partial charge in [-0.05, 0) is 55.2 Å². The lowest BCUT2D eigenvalue weighted by Crippen LogP contribution is -2.31. The Balaban J connectivity index is 1.99. The van der Waals surface area contributed by atoms with Crippen LogP contribution in [-0.2, 0) is 10.0 Å². The third-order valence-corrected chi connectivity index (χ3v) is 6.09. The van der Waals surface area contributed by atoms with Crippen LogP contribution in [0.4, 0.5) is 4.39 Å². The molecular formula is C17H18FNO2S. The van der Waals surface area contributed by atoms with E-state index in [2.05, 4.69) is 0 Å². The van der Waals surface area contributed by atoms with E-state index < -0.39 is 15.8 Å². The van der Waals surface area contributed by atoms with Crippen molar-refractivity contribution in [1.82, 2.24) is 4.31 Å². The second kappa shape index (κ2) is 5.82. The predicted molar refractivity (Wildman–Crippen MR) is 83.4 cm³/mol. The molecule has 1 saturated heterocycles. The zero-order valence-electron chi connectivity index (χ0n) is 12.4. The standard InChI is InChI=1S/C17H18FNO2S/c1-13-5-2-3-6-16(13)17-7-4-12-19(17)22(20,21)15-10-8-14(18)9-11-15/h2-3,5-6,8-11,17H,4,7,12H2,1H3/t17-/m1/s1. The van der Waals surface area contributed by atoms with Crippen molar-refractivity contribution in [2.75, 3.05) is 6.54 Å². The highest BCUT2D eigenvalue weighted by atomic mass is 32.2. The summed E-state index contributed by atoms with van der Waals surface area (Å²) in [5, 5.41) is 0. The van der Waals surface area contributed by atoms with Gasteiger partial charge in [-0.15, -0.1) is 0 Å². The molecule has 0 unspecified atom stereocenters. The minimum atomic E-state index is -3.60. The fourth-order valence-electron chi connectivity index (χ4n) is 3.04. The Morgan fingerprint density at radius 1 is 1.09 bits per heavy atom. The Hall–Kier alpha value is -1.72. The van der Waals surface area contributed by atoms with Gasteiger partial charge in [-0.2, -0.15) is 4.31 Å². The van der Waals surface area contributed by atoms with Crippen molar-refractivity contribution in [3.8, 4) is 0 Å². The van der Waals surface area contributed by atoms with E-state index in [0.717, 1.165) is 24.0 Å². The summed E-state index contributed by atoms with van der Waals surface area (Å²) in [6.07, 6.45) is 1.64. The van der Waals surface area contributed by atoms with E-state index in [0.29, 0.717) is 6.54 Å². The van der Waals surface area contributed by atoms with Crippen LogP contribution in [0.15, 0.2) is 53.4 Å². The first kappa shape index (κ1) is 15.2. The lowest BCUT2D eigenvalue weighted by molar-refractivity contribution is 0.395. The summed E-state index contributed by atoms with van der Waals surface area (Å²) in [5.74, 6) is -0.434. The van der Waals surface area contributed by atoms with Gasteiger partial charge in [0, 0.05) is 6.54 Å². The molecule has 2 aromatic carbocycles. The van der Waals surface area contributed by atoms with Crippen molar-refractivity contribution >= 4 is 10.0 Å². The van der Waals surface area contributed by atoms with Crippen molar-refractivity contribution in [2.24, 2.45) is 0 Å². The largest absolute Gasteiger partial charge is 0.243 e. The van der Waals surface area contributed by atoms with Crippen LogP contribution < -0.4 is 0 Å². The number of hydrogen-bond acceptors (Lipinski definition) is 2. The maximum absolute atomic E-state index is 13.0. The van der Waals surface area contributed by atoms with Gasteiger partial charge in [0.25, 0.3) is 0 Å². The Morgan fingerprint density at radius 3 is 2.45 bits per heavy atom. The van der Waals surface area contributed by atoms with E-state index in [-0.39, 0.29) is 10.9 Å². The number of halogens is 1. The summed E-state index contributed by atoms with van der Waals surface area (Å²) in [5.41, 5.74) is 2.14. The van der Waals surface area contributed by atoms with E-state index in [4.69, 9.17) is 0 Å². The monoisotopic (exact) mass is 319 g/mol. The van der Waals surface area contributed by atoms with Crippen LogP contribution >= 0.6 is 0 Å². The summed E-state index contributed by atoms with van der Waals surface area (Å²) in [6, 6.07) is 12.8. The molecule has 0 bridgehead atoms. The first-order valence-corrected chi connectivity index (χ1v) is 8.77. The first-order valence-electron chi connectivity index (χ1n) is 7.33. The van der Waals surface area contributed by atoms with Gasteiger partial charge in [0.05, 0.1) is 10.9 Å². The van der Waals surface area contributed by atoms with Gasteiger partial charge in [0.2, 0.25) is 10.0 Å². The van der Waals surface area contributed by atoms with Gasteiger partial charge in [-0.25, -0.2) is 12.8 Å². The fourth-order valence-corrected chi connectivity index (χ4v) is 4.72. The van der Waals surface area contributed by atoms with Gasteiger partial charge in [-0.3, -0.25) is 0 Å². The van der Waals surface area contributed by atoms with Gasteiger partial charge in [-0.1, -0.05) is 24.3 Å². The van der Waals surface area contributed by atoms with E-state index in [9.17, 15) is 12.8 Å². The molecule has 1 heterocycles. The number of nitrogens with zero attached hydrogens (tertiary/aromatic N) is 1. The molecular weight excluding hydrogens is 301 g/mol. The molecule has 0 radical (unpaired) electrons. The molecule has 1 aliphatic rings. The molecule has 0 aromatic heterocycles. The predicted octanol–water partition coefficient (Wildman–Crippen LogP) is 3.66. The summed E-state index contributed by atoms with van der Waals surface area (Å²) in [7, 11) is -3.60. The summed E-state index contributed by atoms with van der Waals surface area (Å²) >= 11 is 0. The zero-order chi connectivity index (χ0) is 15.7. The lowest BCUT2D eigenvalue weighted by Gasteiger charge is -2.25. The quantitative estimate of drug-likeness (QED) is 0.866. The molecule has 0 N–H and O–H groups in total. The fraction of sp³-hybridized carbons (Fsp3) is 0.294. The van der Waals surface area contributed by atoms with Crippen LogP contribution in [-0.4, -0.2) is 19.3 Å². The molecule has 5 heteroatoms. The highest BCUT2D eigenvalue weighted by Gasteiger charge is 2.36. The van der Waals surface area contributed by atoms with Gasteiger partial charge in [0.1, 0.15) is 5.82 Å². The van der Waals surface area contributed by atoms with Crippen LogP contribution in [0.2, 0.25) is 0 Å². The van der Waals surface area contributed by atoms with Crippen molar-refractivity contribution in [3.63, 3.8) is 0 Å². The Labute approximate surface area is 130 Å². The van der Waals surface area contributed by atoms with Crippen LogP contribution in [0.5, 0.6) is 0 Å². The highest BCUT2D eigenvalue weighted by molar-refractivity contribution is 7.89. The van der Waals surface area contributed by atoms with Gasteiger partial charge < -0.3 is 0 Å². The Morgan fingerprint density at radius 2 is 1.77 bits per heavy atom.